The molecule has 0 radical (unpaired) electrons. The van der Waals surface area contributed by atoms with Gasteiger partial charge in [-0.2, -0.15) is 0 Å². The molecule has 0 saturated carbocycles. The summed E-state index contributed by atoms with van der Waals surface area (Å²) < 4.78 is 38.3. The molecule has 0 spiro atoms. The number of benzene rings is 2. The van der Waals surface area contributed by atoms with Crippen molar-refractivity contribution in [3.63, 3.8) is 0 Å². The molecular weight excluding hydrogens is 396 g/mol. The number of carbonyl (C=O) groups excluding carboxylic acids is 1. The van der Waals surface area contributed by atoms with Crippen LogP contribution in [0.4, 0.5) is 0 Å². The number of cyclic esters (lactones) is 1. The molecule has 9 nitrogen and oxygen atoms in total. The molecule has 3 aliphatic heterocycles. The second-order valence-electron chi connectivity index (χ2n) is 7.21. The van der Waals surface area contributed by atoms with Gasteiger partial charge in [-0.05, 0) is 23.8 Å². The van der Waals surface area contributed by atoms with Crippen molar-refractivity contribution >= 4 is 5.97 Å². The first-order valence-electron chi connectivity index (χ1n) is 9.30. The minimum absolute atomic E-state index is 0.0861. The molecule has 5 rings (SSSR count). The summed E-state index contributed by atoms with van der Waals surface area (Å²) in [6, 6.07) is 6.91. The van der Waals surface area contributed by atoms with Gasteiger partial charge >= 0.3 is 5.97 Å². The first-order valence-corrected chi connectivity index (χ1v) is 9.30. The number of methoxy groups -OCH3 is 3. The van der Waals surface area contributed by atoms with Crippen LogP contribution in [0.1, 0.15) is 17.0 Å². The highest BCUT2D eigenvalue weighted by Gasteiger charge is 2.59. The maximum atomic E-state index is 12.7. The van der Waals surface area contributed by atoms with Crippen molar-refractivity contribution in [1.82, 2.24) is 0 Å². The van der Waals surface area contributed by atoms with E-state index in [2.05, 4.69) is 0 Å². The van der Waals surface area contributed by atoms with Gasteiger partial charge in [0.15, 0.2) is 29.6 Å². The van der Waals surface area contributed by atoms with Crippen LogP contribution in [0.3, 0.4) is 0 Å². The minimum atomic E-state index is -1.82. The third-order valence-corrected chi connectivity index (χ3v) is 5.67. The van der Waals surface area contributed by atoms with Crippen molar-refractivity contribution in [3.05, 3.63) is 35.4 Å². The summed E-state index contributed by atoms with van der Waals surface area (Å²) in [4.78, 5) is 12.7. The van der Waals surface area contributed by atoms with Crippen LogP contribution >= 0.6 is 0 Å². The van der Waals surface area contributed by atoms with Gasteiger partial charge in [0, 0.05) is 17.5 Å². The normalized spacial score (nSPS) is 25.7. The quantitative estimate of drug-likeness (QED) is 0.748. The smallest absolute Gasteiger partial charge is 0.317 e. The second kappa shape index (κ2) is 6.60. The molecule has 9 heteroatoms. The lowest BCUT2D eigenvalue weighted by Gasteiger charge is -2.38. The molecule has 0 amide bonds. The minimum Gasteiger partial charge on any atom is -0.493 e. The molecular formula is C21H20O9. The van der Waals surface area contributed by atoms with E-state index in [0.29, 0.717) is 45.6 Å². The topological polar surface area (TPSA) is 102 Å². The number of carbonyl (C=O) groups is 1. The average Bonchev–Trinajstić information content (AvgIpc) is 3.32. The highest BCUT2D eigenvalue weighted by molar-refractivity contribution is 5.80. The van der Waals surface area contributed by atoms with Gasteiger partial charge in [-0.15, -0.1) is 0 Å². The molecule has 3 atom stereocenters. The Morgan fingerprint density at radius 2 is 1.60 bits per heavy atom. The molecule has 2 aromatic rings. The number of ether oxygens (including phenoxy) is 7. The Morgan fingerprint density at radius 3 is 2.23 bits per heavy atom. The van der Waals surface area contributed by atoms with Crippen LogP contribution in [0.15, 0.2) is 24.3 Å². The van der Waals surface area contributed by atoms with Crippen LogP contribution < -0.4 is 28.4 Å². The molecule has 30 heavy (non-hydrogen) atoms. The molecule has 0 unspecified atom stereocenters. The lowest BCUT2D eigenvalue weighted by atomic mass is 9.75. The molecule has 0 bridgehead atoms. The summed E-state index contributed by atoms with van der Waals surface area (Å²) in [6.07, 6.45) is 0. The van der Waals surface area contributed by atoms with Crippen LogP contribution in [0.5, 0.6) is 34.5 Å². The summed E-state index contributed by atoms with van der Waals surface area (Å²) in [5.41, 5.74) is 1.32. The fourth-order valence-corrected chi connectivity index (χ4v) is 4.32. The summed E-state index contributed by atoms with van der Waals surface area (Å²) in [6.45, 7) is -0.186. The van der Waals surface area contributed by atoms with E-state index in [1.54, 1.807) is 24.3 Å². The lowest BCUT2D eigenvalue weighted by molar-refractivity contribution is -0.173. The summed E-state index contributed by atoms with van der Waals surface area (Å²) >= 11 is 0. The van der Waals surface area contributed by atoms with Crippen LogP contribution in [0.2, 0.25) is 0 Å². The monoisotopic (exact) mass is 416 g/mol. The third-order valence-electron chi connectivity index (χ3n) is 5.67. The van der Waals surface area contributed by atoms with Gasteiger partial charge in [-0.3, -0.25) is 4.79 Å². The van der Waals surface area contributed by atoms with Crippen LogP contribution in [-0.4, -0.2) is 51.6 Å². The maximum Gasteiger partial charge on any atom is 0.317 e. The molecule has 0 aliphatic carbocycles. The predicted octanol–water partition coefficient (Wildman–Crippen LogP) is 1.83. The molecule has 158 valence electrons. The van der Waals surface area contributed by atoms with Crippen molar-refractivity contribution in [2.75, 3.05) is 34.7 Å². The van der Waals surface area contributed by atoms with Gasteiger partial charge in [0.05, 0.1) is 21.3 Å². The Kier molecular flexibility index (Phi) is 4.11. The predicted molar refractivity (Wildman–Crippen MR) is 101 cm³/mol. The van der Waals surface area contributed by atoms with Crippen molar-refractivity contribution in [2.24, 2.45) is 5.92 Å². The first kappa shape index (κ1) is 18.7. The Bertz CT molecular complexity index is 1010. The summed E-state index contributed by atoms with van der Waals surface area (Å²) in [7, 11) is 4.53. The zero-order valence-corrected chi connectivity index (χ0v) is 16.6. The number of aliphatic hydroxyl groups is 1. The van der Waals surface area contributed by atoms with Crippen molar-refractivity contribution in [3.8, 4) is 34.5 Å². The largest absolute Gasteiger partial charge is 0.493 e. The van der Waals surface area contributed by atoms with Crippen molar-refractivity contribution in [2.45, 2.75) is 11.7 Å². The van der Waals surface area contributed by atoms with Gasteiger partial charge in [0.2, 0.25) is 12.5 Å². The number of rotatable bonds is 4. The van der Waals surface area contributed by atoms with Crippen molar-refractivity contribution < 1.29 is 43.1 Å². The number of fused-ring (bicyclic) bond motifs is 3. The van der Waals surface area contributed by atoms with Gasteiger partial charge in [0.1, 0.15) is 11.7 Å². The molecule has 1 saturated heterocycles. The SMILES string of the molecule is COc1cc([C@H]2c3cc4c(cc3O[C@]3(O)COC(=O)[C@H]23)OCO4)cc(OC)c1OC. The van der Waals surface area contributed by atoms with Crippen molar-refractivity contribution in [1.29, 1.82) is 0 Å². The van der Waals surface area contributed by atoms with E-state index in [0.717, 1.165) is 0 Å². The van der Waals surface area contributed by atoms with Crippen LogP contribution in [0, 0.1) is 5.92 Å². The molecule has 3 heterocycles. The third kappa shape index (κ3) is 2.55. The number of hydrogen-bond donors (Lipinski definition) is 1. The Morgan fingerprint density at radius 1 is 0.933 bits per heavy atom. The zero-order valence-electron chi connectivity index (χ0n) is 16.6. The average molecular weight is 416 g/mol. The molecule has 1 N–H and O–H groups in total. The van der Waals surface area contributed by atoms with E-state index in [-0.39, 0.29) is 13.4 Å². The number of hydrogen-bond acceptors (Lipinski definition) is 9. The number of esters is 1. The fourth-order valence-electron chi connectivity index (χ4n) is 4.32. The highest BCUT2D eigenvalue weighted by atomic mass is 16.7. The maximum absolute atomic E-state index is 12.7. The standard InChI is InChI=1S/C21H20O9/c1-24-15-4-10(5-16(25-2)19(15)26-3)17-11-6-13-14(29-9-28-13)7-12(11)30-21(23)8-27-20(22)18(17)21/h4-7,17-18,23H,8-9H2,1-3H3/t17-,18-,21+/m0/s1. The van der Waals surface area contributed by atoms with Crippen LogP contribution in [0.25, 0.3) is 0 Å². The van der Waals surface area contributed by atoms with E-state index in [4.69, 9.17) is 33.2 Å². The van der Waals surface area contributed by atoms with Gasteiger partial charge in [-0.1, -0.05) is 0 Å². The highest BCUT2D eigenvalue weighted by Crippen LogP contribution is 2.55. The van der Waals surface area contributed by atoms with E-state index in [9.17, 15) is 9.90 Å². The van der Waals surface area contributed by atoms with E-state index < -0.39 is 23.6 Å². The Labute approximate surface area is 172 Å². The molecule has 3 aliphatic rings. The lowest BCUT2D eigenvalue weighted by Crippen LogP contribution is -2.50. The van der Waals surface area contributed by atoms with Gasteiger partial charge < -0.3 is 38.3 Å². The zero-order chi connectivity index (χ0) is 21.0. The molecule has 1 fully saturated rings. The molecule has 2 aromatic carbocycles. The van der Waals surface area contributed by atoms with E-state index in [1.165, 1.54) is 21.3 Å². The summed E-state index contributed by atoms with van der Waals surface area (Å²) in [5, 5.41) is 11.1. The van der Waals surface area contributed by atoms with E-state index in [1.807, 2.05) is 0 Å². The van der Waals surface area contributed by atoms with E-state index >= 15 is 0 Å². The molecule has 0 aromatic heterocycles. The van der Waals surface area contributed by atoms with Gasteiger partial charge in [-0.25, -0.2) is 0 Å². The first-order chi connectivity index (χ1) is 14.5. The van der Waals surface area contributed by atoms with Gasteiger partial charge in [0.25, 0.3) is 5.79 Å². The Balaban J connectivity index is 1.75. The van der Waals surface area contributed by atoms with Crippen LogP contribution in [-0.2, 0) is 9.53 Å². The fraction of sp³-hybridized carbons (Fsp3) is 0.381. The summed E-state index contributed by atoms with van der Waals surface area (Å²) in [5.74, 6) is -1.28. The second-order valence-corrected chi connectivity index (χ2v) is 7.21. The Hall–Kier alpha value is -3.33.